The number of hydrogen-bond acceptors (Lipinski definition) is 0. The molecular weight excluding hydrogens is 132 g/mol. The van der Waals surface area contributed by atoms with Gasteiger partial charge >= 0.3 is 0 Å². The lowest BCUT2D eigenvalue weighted by atomic mass is 9.80. The van der Waals surface area contributed by atoms with Gasteiger partial charge in [0.05, 0.1) is 0 Å². The minimum absolute atomic E-state index is 0.822. The Morgan fingerprint density at radius 1 is 1.27 bits per heavy atom. The van der Waals surface area contributed by atoms with E-state index in [1.807, 2.05) is 0 Å². The van der Waals surface area contributed by atoms with E-state index in [1.165, 1.54) is 38.5 Å². The largest absolute Gasteiger partial charge is 0.0533 e. The molecule has 2 aliphatic rings. The highest BCUT2D eigenvalue weighted by atomic mass is 14.5. The van der Waals surface area contributed by atoms with Crippen molar-refractivity contribution >= 4 is 0 Å². The van der Waals surface area contributed by atoms with Gasteiger partial charge in [0.2, 0.25) is 0 Å². The van der Waals surface area contributed by atoms with E-state index in [1.54, 1.807) is 6.42 Å². The molecule has 2 saturated carbocycles. The second kappa shape index (κ2) is 2.80. The van der Waals surface area contributed by atoms with E-state index in [9.17, 15) is 0 Å². The van der Waals surface area contributed by atoms with Crippen LogP contribution >= 0.6 is 0 Å². The highest BCUT2D eigenvalue weighted by Crippen LogP contribution is 2.56. The Balaban J connectivity index is 1.89. The Kier molecular flexibility index (Phi) is 1.95. The molecule has 0 unspecified atom stereocenters. The van der Waals surface area contributed by atoms with Crippen LogP contribution in [0.2, 0.25) is 0 Å². The van der Waals surface area contributed by atoms with Gasteiger partial charge in [-0.15, -0.1) is 0 Å². The molecule has 0 aliphatic heterocycles. The van der Waals surface area contributed by atoms with Crippen molar-refractivity contribution in [2.45, 2.75) is 51.4 Å². The molecule has 0 aromatic rings. The molecule has 0 aromatic carbocycles. The molecule has 2 rings (SSSR count). The van der Waals surface area contributed by atoms with Crippen molar-refractivity contribution in [3.8, 4) is 0 Å². The molecule has 0 amide bonds. The van der Waals surface area contributed by atoms with Crippen molar-refractivity contribution in [2.75, 3.05) is 0 Å². The smallest absolute Gasteiger partial charge is 0.0295 e. The zero-order valence-electron chi connectivity index (χ0n) is 7.44. The summed E-state index contributed by atoms with van der Waals surface area (Å²) in [5, 5.41) is 0. The minimum Gasteiger partial charge on any atom is -0.0533 e. The Labute approximate surface area is 70.4 Å². The van der Waals surface area contributed by atoms with Crippen LogP contribution in [-0.4, -0.2) is 0 Å². The molecule has 2 bridgehead atoms. The molecule has 2 aliphatic carbocycles. The minimum atomic E-state index is 0.822. The first-order valence-electron chi connectivity index (χ1n) is 5.14. The van der Waals surface area contributed by atoms with Gasteiger partial charge in [0, 0.05) is 0 Å². The predicted octanol–water partition coefficient (Wildman–Crippen LogP) is 3.57. The molecule has 0 spiro atoms. The normalized spacial score (nSPS) is 41.7. The SMILES string of the molecule is [CH2]CCCC12CCC(CC1)C2. The van der Waals surface area contributed by atoms with Crippen molar-refractivity contribution < 1.29 is 0 Å². The van der Waals surface area contributed by atoms with E-state index < -0.39 is 0 Å². The number of rotatable bonds is 3. The van der Waals surface area contributed by atoms with Gasteiger partial charge in [0.15, 0.2) is 0 Å². The van der Waals surface area contributed by atoms with Gasteiger partial charge in [-0.05, 0) is 49.9 Å². The standard InChI is InChI=1S/C11H19/c1-2-3-6-11-7-4-10(9-11)5-8-11/h10H,1-9H2. The van der Waals surface area contributed by atoms with Crippen LogP contribution in [0.3, 0.4) is 0 Å². The molecule has 0 nitrogen and oxygen atoms in total. The Morgan fingerprint density at radius 3 is 2.45 bits per heavy atom. The van der Waals surface area contributed by atoms with Gasteiger partial charge in [-0.1, -0.05) is 19.8 Å². The first-order chi connectivity index (χ1) is 5.35. The fourth-order valence-electron chi connectivity index (χ4n) is 3.16. The van der Waals surface area contributed by atoms with Crippen LogP contribution in [0.25, 0.3) is 0 Å². The van der Waals surface area contributed by atoms with E-state index in [2.05, 4.69) is 6.92 Å². The maximum absolute atomic E-state index is 3.93. The van der Waals surface area contributed by atoms with Crippen LogP contribution < -0.4 is 0 Å². The number of fused-ring (bicyclic) bond motifs is 2. The molecule has 0 atom stereocenters. The molecule has 0 saturated heterocycles. The fraction of sp³-hybridized carbons (Fsp3) is 0.909. The topological polar surface area (TPSA) is 0 Å². The average molecular weight is 151 g/mol. The van der Waals surface area contributed by atoms with Gasteiger partial charge in [-0.3, -0.25) is 0 Å². The van der Waals surface area contributed by atoms with E-state index >= 15 is 0 Å². The maximum Gasteiger partial charge on any atom is -0.0295 e. The van der Waals surface area contributed by atoms with Crippen LogP contribution in [0.1, 0.15) is 51.4 Å². The van der Waals surface area contributed by atoms with E-state index in [-0.39, 0.29) is 0 Å². The quantitative estimate of drug-likeness (QED) is 0.578. The fourth-order valence-corrected chi connectivity index (χ4v) is 3.16. The lowest BCUT2D eigenvalue weighted by Crippen LogP contribution is -2.13. The number of hydrogen-bond donors (Lipinski definition) is 0. The lowest BCUT2D eigenvalue weighted by molar-refractivity contribution is 0.265. The Bertz CT molecular complexity index is 129. The predicted molar refractivity (Wildman–Crippen MR) is 48.2 cm³/mol. The van der Waals surface area contributed by atoms with Crippen LogP contribution in [0.5, 0.6) is 0 Å². The van der Waals surface area contributed by atoms with Gasteiger partial charge in [-0.2, -0.15) is 0 Å². The summed E-state index contributed by atoms with van der Waals surface area (Å²) in [7, 11) is 0. The van der Waals surface area contributed by atoms with E-state index in [0.717, 1.165) is 17.8 Å². The zero-order valence-corrected chi connectivity index (χ0v) is 7.44. The van der Waals surface area contributed by atoms with Gasteiger partial charge in [0.25, 0.3) is 0 Å². The van der Waals surface area contributed by atoms with Crippen molar-refractivity contribution in [3.05, 3.63) is 6.92 Å². The maximum atomic E-state index is 3.93. The molecule has 2 fully saturated rings. The van der Waals surface area contributed by atoms with Crippen LogP contribution in [-0.2, 0) is 0 Å². The average Bonchev–Trinajstić information content (AvgIpc) is 2.60. The van der Waals surface area contributed by atoms with Crippen molar-refractivity contribution in [2.24, 2.45) is 11.3 Å². The highest BCUT2D eigenvalue weighted by Gasteiger charge is 2.43. The first-order valence-corrected chi connectivity index (χ1v) is 5.14. The molecule has 63 valence electrons. The van der Waals surface area contributed by atoms with Crippen LogP contribution in [0, 0.1) is 18.3 Å². The van der Waals surface area contributed by atoms with Crippen molar-refractivity contribution in [3.63, 3.8) is 0 Å². The van der Waals surface area contributed by atoms with Crippen molar-refractivity contribution in [1.82, 2.24) is 0 Å². The van der Waals surface area contributed by atoms with E-state index in [0.29, 0.717) is 0 Å². The summed E-state index contributed by atoms with van der Waals surface area (Å²) >= 11 is 0. The summed E-state index contributed by atoms with van der Waals surface area (Å²) in [6.07, 6.45) is 11.7. The molecule has 0 heteroatoms. The number of unbranched alkanes of at least 4 members (excludes halogenated alkanes) is 1. The highest BCUT2D eigenvalue weighted by molar-refractivity contribution is 4.95. The summed E-state index contributed by atoms with van der Waals surface area (Å²) in [6, 6.07) is 0. The molecule has 0 N–H and O–H groups in total. The summed E-state index contributed by atoms with van der Waals surface area (Å²) in [6.45, 7) is 3.93. The first kappa shape index (κ1) is 7.64. The second-order valence-corrected chi connectivity index (χ2v) is 4.60. The van der Waals surface area contributed by atoms with Gasteiger partial charge in [0.1, 0.15) is 0 Å². The van der Waals surface area contributed by atoms with Gasteiger partial charge in [-0.25, -0.2) is 0 Å². The summed E-state index contributed by atoms with van der Waals surface area (Å²) < 4.78 is 0. The van der Waals surface area contributed by atoms with Gasteiger partial charge < -0.3 is 0 Å². The zero-order chi connectivity index (χ0) is 7.73. The monoisotopic (exact) mass is 151 g/mol. The van der Waals surface area contributed by atoms with Crippen LogP contribution in [0.15, 0.2) is 0 Å². The molecule has 0 aromatic heterocycles. The Morgan fingerprint density at radius 2 is 2.00 bits per heavy atom. The summed E-state index contributed by atoms with van der Waals surface area (Å²) in [4.78, 5) is 0. The molecular formula is C11H19. The lowest BCUT2D eigenvalue weighted by Gasteiger charge is -2.25. The third-order valence-electron chi connectivity index (χ3n) is 3.84. The second-order valence-electron chi connectivity index (χ2n) is 4.60. The third kappa shape index (κ3) is 1.32. The third-order valence-corrected chi connectivity index (χ3v) is 3.84. The van der Waals surface area contributed by atoms with E-state index in [4.69, 9.17) is 0 Å². The van der Waals surface area contributed by atoms with Crippen LogP contribution in [0.4, 0.5) is 0 Å². The summed E-state index contributed by atoms with van der Waals surface area (Å²) in [5.74, 6) is 1.12. The summed E-state index contributed by atoms with van der Waals surface area (Å²) in [5.41, 5.74) is 0.822. The molecule has 11 heavy (non-hydrogen) atoms. The van der Waals surface area contributed by atoms with Crippen molar-refractivity contribution in [1.29, 1.82) is 0 Å². The molecule has 0 heterocycles. The molecule has 1 radical (unpaired) electrons. The Hall–Kier alpha value is 0.